The Hall–Kier alpha value is -1.51. The molecule has 1 aliphatic carbocycles. The zero-order valence-corrected chi connectivity index (χ0v) is 9.99. The fraction of sp³-hybridized carbons (Fsp3) is 0.462. The number of allylic oxidation sites excluding steroid dienone is 4. The van der Waals surface area contributed by atoms with Crippen molar-refractivity contribution in [3.63, 3.8) is 0 Å². The average Bonchev–Trinajstić information content (AvgIpc) is 2.51. The van der Waals surface area contributed by atoms with Crippen molar-refractivity contribution in [2.24, 2.45) is 5.41 Å². The van der Waals surface area contributed by atoms with Crippen LogP contribution in [0.15, 0.2) is 35.6 Å². The monoisotopic (exact) mass is 219 g/mol. The van der Waals surface area contributed by atoms with Crippen molar-refractivity contribution in [3.8, 4) is 0 Å². The number of rotatable bonds is 1. The van der Waals surface area contributed by atoms with Gasteiger partial charge in [0.15, 0.2) is 0 Å². The summed E-state index contributed by atoms with van der Waals surface area (Å²) in [6, 6.07) is 0. The number of nitrogens with zero attached hydrogens (tertiary/aromatic N) is 1. The molecule has 1 heterocycles. The zero-order valence-electron chi connectivity index (χ0n) is 9.99. The number of ether oxygens (including phenoxy) is 1. The molecule has 0 aromatic rings. The minimum atomic E-state index is -0.180. The first-order valence-electron chi connectivity index (χ1n) is 5.46. The van der Waals surface area contributed by atoms with Crippen molar-refractivity contribution in [1.29, 1.82) is 0 Å². The lowest BCUT2D eigenvalue weighted by atomic mass is 9.76. The van der Waals surface area contributed by atoms with Crippen LogP contribution >= 0.6 is 0 Å². The van der Waals surface area contributed by atoms with Crippen LogP contribution in [0.25, 0.3) is 0 Å². The Labute approximate surface area is 96.1 Å². The topological polar surface area (TPSA) is 29.5 Å². The second-order valence-electron chi connectivity index (χ2n) is 4.44. The van der Waals surface area contributed by atoms with Gasteiger partial charge in [-0.05, 0) is 13.3 Å². The molecule has 0 unspecified atom stereocenters. The van der Waals surface area contributed by atoms with Gasteiger partial charge in [0, 0.05) is 19.0 Å². The summed E-state index contributed by atoms with van der Waals surface area (Å²) in [5, 5.41) is 0. The molecule has 16 heavy (non-hydrogen) atoms. The molecular formula is C13H17NO2. The maximum Gasteiger partial charge on any atom is 0.253 e. The smallest absolute Gasteiger partial charge is 0.253 e. The molecule has 0 radical (unpaired) electrons. The first-order chi connectivity index (χ1) is 7.60. The zero-order chi connectivity index (χ0) is 11.8. The van der Waals surface area contributed by atoms with E-state index in [-0.39, 0.29) is 11.3 Å². The van der Waals surface area contributed by atoms with Crippen LogP contribution in [0.5, 0.6) is 0 Å². The quantitative estimate of drug-likeness (QED) is 0.498. The first-order valence-corrected chi connectivity index (χ1v) is 5.46. The molecule has 1 aliphatic heterocycles. The van der Waals surface area contributed by atoms with Crippen LogP contribution in [0.4, 0.5) is 0 Å². The molecule has 3 heteroatoms. The van der Waals surface area contributed by atoms with E-state index < -0.39 is 0 Å². The van der Waals surface area contributed by atoms with Crippen LogP contribution in [0, 0.1) is 5.41 Å². The van der Waals surface area contributed by atoms with Gasteiger partial charge in [-0.15, -0.1) is 0 Å². The van der Waals surface area contributed by atoms with Crippen molar-refractivity contribution >= 4 is 5.91 Å². The number of likely N-dealkylation sites (tertiary alicyclic amines) is 1. The van der Waals surface area contributed by atoms with Crippen molar-refractivity contribution in [2.45, 2.75) is 13.3 Å². The van der Waals surface area contributed by atoms with Crippen molar-refractivity contribution in [3.05, 3.63) is 35.6 Å². The number of hydrogen-bond acceptors (Lipinski definition) is 2. The lowest BCUT2D eigenvalue weighted by molar-refractivity contribution is -0.123. The van der Waals surface area contributed by atoms with Gasteiger partial charge >= 0.3 is 0 Å². The maximum atomic E-state index is 12.1. The highest BCUT2D eigenvalue weighted by molar-refractivity contribution is 5.98. The molecule has 0 bridgehead atoms. The normalized spacial score (nSPS) is 31.4. The van der Waals surface area contributed by atoms with Crippen LogP contribution in [-0.2, 0) is 9.53 Å². The molecule has 1 amide bonds. The van der Waals surface area contributed by atoms with Crippen LogP contribution < -0.4 is 0 Å². The van der Waals surface area contributed by atoms with Crippen LogP contribution in [0.2, 0.25) is 0 Å². The molecular weight excluding hydrogens is 202 g/mol. The van der Waals surface area contributed by atoms with Gasteiger partial charge in [0.25, 0.3) is 5.91 Å². The Bertz CT molecular complexity index is 406. The van der Waals surface area contributed by atoms with E-state index in [2.05, 4.69) is 12.2 Å². The predicted molar refractivity (Wildman–Crippen MR) is 62.7 cm³/mol. The standard InChI is InChI=1S/C13H17NO2/c1-10(16-3)11-12(15)14(2)9-13(11)7-5-4-6-8-13/h4-7H,8-9H2,1-3H3/b11-10-/t13-/m1/s1. The largest absolute Gasteiger partial charge is 0.501 e. The van der Waals surface area contributed by atoms with Gasteiger partial charge in [-0.1, -0.05) is 24.3 Å². The summed E-state index contributed by atoms with van der Waals surface area (Å²) in [6.07, 6.45) is 9.13. The van der Waals surface area contributed by atoms with Gasteiger partial charge in [-0.25, -0.2) is 0 Å². The summed E-state index contributed by atoms with van der Waals surface area (Å²) in [5.41, 5.74) is 0.624. The number of likely N-dealkylation sites (N-methyl/N-ethyl adjacent to an activating group) is 1. The molecule has 0 N–H and O–H groups in total. The van der Waals surface area contributed by atoms with E-state index in [0.29, 0.717) is 0 Å². The van der Waals surface area contributed by atoms with E-state index in [1.165, 1.54) is 0 Å². The number of amides is 1. The van der Waals surface area contributed by atoms with Gasteiger partial charge in [0.1, 0.15) is 5.76 Å². The first kappa shape index (κ1) is 11.0. The molecule has 0 aromatic carbocycles. The third kappa shape index (κ3) is 1.47. The summed E-state index contributed by atoms with van der Waals surface area (Å²) < 4.78 is 5.25. The molecule has 2 aliphatic rings. The van der Waals surface area contributed by atoms with Crippen molar-refractivity contribution < 1.29 is 9.53 Å². The van der Waals surface area contributed by atoms with Gasteiger partial charge in [0.2, 0.25) is 0 Å². The molecule has 2 rings (SSSR count). The van der Waals surface area contributed by atoms with E-state index >= 15 is 0 Å². The Morgan fingerprint density at radius 1 is 1.50 bits per heavy atom. The van der Waals surface area contributed by atoms with E-state index in [4.69, 9.17) is 4.74 Å². The average molecular weight is 219 g/mol. The third-order valence-electron chi connectivity index (χ3n) is 3.38. The summed E-state index contributed by atoms with van der Waals surface area (Å²) >= 11 is 0. The van der Waals surface area contributed by atoms with E-state index in [0.717, 1.165) is 24.3 Å². The molecule has 0 saturated carbocycles. The number of carbonyl (C=O) groups excluding carboxylic acids is 1. The highest BCUT2D eigenvalue weighted by Crippen LogP contribution is 2.43. The van der Waals surface area contributed by atoms with Crippen LogP contribution in [0.1, 0.15) is 13.3 Å². The maximum absolute atomic E-state index is 12.1. The van der Waals surface area contributed by atoms with E-state index in [1.54, 1.807) is 12.0 Å². The predicted octanol–water partition coefficient (Wildman–Crippen LogP) is 1.88. The molecule has 1 saturated heterocycles. The third-order valence-corrected chi connectivity index (χ3v) is 3.38. The summed E-state index contributed by atoms with van der Waals surface area (Å²) in [5.74, 6) is 0.814. The summed E-state index contributed by atoms with van der Waals surface area (Å²) in [6.45, 7) is 2.60. The minimum absolute atomic E-state index is 0.0827. The minimum Gasteiger partial charge on any atom is -0.501 e. The highest BCUT2D eigenvalue weighted by Gasteiger charge is 2.46. The van der Waals surface area contributed by atoms with Gasteiger partial charge in [-0.2, -0.15) is 0 Å². The summed E-state index contributed by atoms with van der Waals surface area (Å²) in [4.78, 5) is 13.9. The van der Waals surface area contributed by atoms with E-state index in [1.807, 2.05) is 26.1 Å². The Kier molecular flexibility index (Phi) is 2.62. The van der Waals surface area contributed by atoms with Crippen molar-refractivity contribution in [1.82, 2.24) is 4.90 Å². The lowest BCUT2D eigenvalue weighted by Gasteiger charge is -2.26. The molecule has 1 atom stereocenters. The lowest BCUT2D eigenvalue weighted by Crippen LogP contribution is -2.24. The summed E-state index contributed by atoms with van der Waals surface area (Å²) in [7, 11) is 3.45. The van der Waals surface area contributed by atoms with Crippen LogP contribution in [0.3, 0.4) is 0 Å². The Morgan fingerprint density at radius 3 is 2.81 bits per heavy atom. The molecule has 3 nitrogen and oxygen atoms in total. The number of hydrogen-bond donors (Lipinski definition) is 0. The van der Waals surface area contributed by atoms with Gasteiger partial charge in [-0.3, -0.25) is 4.79 Å². The van der Waals surface area contributed by atoms with Crippen molar-refractivity contribution in [2.75, 3.05) is 20.7 Å². The fourth-order valence-electron chi connectivity index (χ4n) is 2.55. The Morgan fingerprint density at radius 2 is 2.25 bits per heavy atom. The molecule has 86 valence electrons. The van der Waals surface area contributed by atoms with E-state index in [9.17, 15) is 4.79 Å². The highest BCUT2D eigenvalue weighted by atomic mass is 16.5. The second-order valence-corrected chi connectivity index (χ2v) is 4.44. The van der Waals surface area contributed by atoms with Crippen LogP contribution in [-0.4, -0.2) is 31.5 Å². The van der Waals surface area contributed by atoms with Gasteiger partial charge in [0.05, 0.1) is 12.7 Å². The number of methoxy groups -OCH3 is 1. The Balaban J connectivity index is 2.50. The van der Waals surface area contributed by atoms with Gasteiger partial charge < -0.3 is 9.64 Å². The SMILES string of the molecule is CO/C(C)=C1/C(=O)N(C)C[C@]12C=CC=CC2. The fourth-order valence-corrected chi connectivity index (χ4v) is 2.55. The second kappa shape index (κ2) is 3.81. The molecule has 1 fully saturated rings. The molecule has 0 aromatic heterocycles. The molecule has 1 spiro atoms. The number of carbonyl (C=O) groups is 1.